The number of likely N-dealkylation sites (tertiary alicyclic amines) is 1. The van der Waals surface area contributed by atoms with Gasteiger partial charge in [0.25, 0.3) is 0 Å². The van der Waals surface area contributed by atoms with E-state index in [1.807, 2.05) is 0 Å². The maximum absolute atomic E-state index is 14.0. The lowest BCUT2D eigenvalue weighted by Gasteiger charge is -2.43. The molecule has 2 atom stereocenters. The van der Waals surface area contributed by atoms with Gasteiger partial charge in [-0.3, -0.25) is 19.7 Å². The number of amidine groups is 1. The molecule has 0 radical (unpaired) electrons. The van der Waals surface area contributed by atoms with Crippen molar-refractivity contribution in [3.8, 4) is 0 Å². The van der Waals surface area contributed by atoms with Gasteiger partial charge < -0.3 is 25.9 Å². The molecule has 10 heteroatoms. The van der Waals surface area contributed by atoms with Crippen LogP contribution in [0.25, 0.3) is 0 Å². The zero-order valence-corrected chi connectivity index (χ0v) is 18.6. The highest BCUT2D eigenvalue weighted by molar-refractivity contribution is 5.97. The number of benzene rings is 1. The molecule has 10 nitrogen and oxygen atoms in total. The summed E-state index contributed by atoms with van der Waals surface area (Å²) in [7, 11) is 0. The van der Waals surface area contributed by atoms with Crippen molar-refractivity contribution in [3.63, 3.8) is 0 Å². The maximum atomic E-state index is 14.0. The SMILES string of the molecule is [2H]C1([2H])C([2H])([2H])C([2H])([2H])C([2H])(C(NCC(=O)OCC)C(=O)N2CC[C@@H]2C(=O)NCc2ccc(/C(N)=N/O)cc2)C([2H])([2H])C1([2H])[2H]. The van der Waals surface area contributed by atoms with Crippen LogP contribution in [0.1, 0.15) is 71.4 Å². The van der Waals surface area contributed by atoms with E-state index in [1.165, 1.54) is 19.1 Å². The molecule has 2 aliphatic rings. The van der Waals surface area contributed by atoms with Crippen molar-refractivity contribution < 1.29 is 39.4 Å². The number of carbonyl (C=O) groups excluding carboxylic acids is 3. The number of rotatable bonds is 10. The summed E-state index contributed by atoms with van der Waals surface area (Å²) < 4.78 is 97.2. The first-order valence-electron chi connectivity index (χ1n) is 16.1. The van der Waals surface area contributed by atoms with Crippen molar-refractivity contribution >= 4 is 23.6 Å². The molecular formula is C24H35N5O5. The van der Waals surface area contributed by atoms with Crippen LogP contribution >= 0.6 is 0 Å². The first-order valence-corrected chi connectivity index (χ1v) is 10.6. The Kier molecular flexibility index (Phi) is 5.20. The Hall–Kier alpha value is -3.14. The number of hydrogen-bond acceptors (Lipinski definition) is 7. The molecule has 0 bridgehead atoms. The van der Waals surface area contributed by atoms with E-state index in [9.17, 15) is 14.4 Å². The van der Waals surface area contributed by atoms with Gasteiger partial charge in [0.15, 0.2) is 5.84 Å². The van der Waals surface area contributed by atoms with Gasteiger partial charge in [0, 0.05) is 33.7 Å². The predicted octanol–water partition coefficient (Wildman–Crippen LogP) is 1.10. The first-order chi connectivity index (χ1) is 20.6. The highest BCUT2D eigenvalue weighted by atomic mass is 16.5. The predicted molar refractivity (Wildman–Crippen MR) is 126 cm³/mol. The van der Waals surface area contributed by atoms with E-state index < -0.39 is 74.2 Å². The summed E-state index contributed by atoms with van der Waals surface area (Å²) >= 11 is 0. The molecule has 1 aromatic carbocycles. The van der Waals surface area contributed by atoms with Crippen LogP contribution in [0.4, 0.5) is 0 Å². The molecule has 1 aliphatic carbocycles. The number of amides is 2. The second-order valence-corrected chi connectivity index (χ2v) is 7.39. The summed E-state index contributed by atoms with van der Waals surface area (Å²) in [5, 5.41) is 16.5. The van der Waals surface area contributed by atoms with Gasteiger partial charge in [-0.25, -0.2) is 0 Å². The van der Waals surface area contributed by atoms with Crippen LogP contribution in [0.5, 0.6) is 0 Å². The topological polar surface area (TPSA) is 146 Å². The minimum absolute atomic E-state index is 0.0265. The summed E-state index contributed by atoms with van der Waals surface area (Å²) in [5.41, 5.74) is 6.54. The molecule has 2 fully saturated rings. The molecule has 1 aromatic rings. The third kappa shape index (κ3) is 6.47. The summed E-state index contributed by atoms with van der Waals surface area (Å²) in [6, 6.07) is 2.55. The lowest BCUT2D eigenvalue weighted by Crippen LogP contribution is -2.63. The van der Waals surface area contributed by atoms with Gasteiger partial charge in [-0.2, -0.15) is 0 Å². The van der Waals surface area contributed by atoms with E-state index in [-0.39, 0.29) is 32.0 Å². The van der Waals surface area contributed by atoms with Gasteiger partial charge in [0.2, 0.25) is 11.8 Å². The summed E-state index contributed by atoms with van der Waals surface area (Å²) in [5.74, 6) is -6.86. The Morgan fingerprint density at radius 3 is 2.59 bits per heavy atom. The van der Waals surface area contributed by atoms with Gasteiger partial charge in [-0.15, -0.1) is 0 Å². The third-order valence-corrected chi connectivity index (χ3v) is 5.24. The van der Waals surface area contributed by atoms with Crippen LogP contribution in [0.15, 0.2) is 29.4 Å². The molecule has 1 heterocycles. The van der Waals surface area contributed by atoms with Crippen molar-refractivity contribution in [2.45, 2.75) is 63.8 Å². The Morgan fingerprint density at radius 1 is 1.29 bits per heavy atom. The third-order valence-electron chi connectivity index (χ3n) is 5.24. The molecule has 1 saturated heterocycles. The normalized spacial score (nSPS) is 32.9. The van der Waals surface area contributed by atoms with Gasteiger partial charge in [-0.05, 0) is 37.5 Å². The van der Waals surface area contributed by atoms with E-state index >= 15 is 0 Å². The van der Waals surface area contributed by atoms with Gasteiger partial charge in [0.1, 0.15) is 6.04 Å². The van der Waals surface area contributed by atoms with Crippen molar-refractivity contribution in [3.05, 3.63) is 35.4 Å². The molecule has 186 valence electrons. The quantitative estimate of drug-likeness (QED) is 0.128. The fourth-order valence-electron chi connectivity index (χ4n) is 3.36. The van der Waals surface area contributed by atoms with Crippen LogP contribution in [0.2, 0.25) is 0 Å². The monoisotopic (exact) mass is 484 g/mol. The Bertz CT molecular complexity index is 1310. The van der Waals surface area contributed by atoms with E-state index in [1.54, 1.807) is 12.1 Å². The zero-order chi connectivity index (χ0) is 34.4. The fraction of sp³-hybridized carbons (Fsp3) is 0.583. The Labute approximate surface area is 215 Å². The second kappa shape index (κ2) is 12.4. The maximum Gasteiger partial charge on any atom is 0.319 e. The molecule has 0 spiro atoms. The molecule has 3 rings (SSSR count). The molecule has 34 heavy (non-hydrogen) atoms. The number of carbonyl (C=O) groups is 3. The average molecular weight is 485 g/mol. The number of nitrogens with one attached hydrogen (secondary N) is 2. The van der Waals surface area contributed by atoms with E-state index in [2.05, 4.69) is 15.8 Å². The number of hydrogen-bond donors (Lipinski definition) is 4. The molecule has 2 amide bonds. The zero-order valence-electron chi connectivity index (χ0n) is 29.6. The average Bonchev–Trinajstić information content (AvgIpc) is 2.94. The van der Waals surface area contributed by atoms with Crippen molar-refractivity contribution in [1.29, 1.82) is 0 Å². The summed E-state index contributed by atoms with van der Waals surface area (Å²) in [6.07, 6.45) is -19.2. The van der Waals surface area contributed by atoms with E-state index in [0.717, 1.165) is 4.90 Å². The summed E-state index contributed by atoms with van der Waals surface area (Å²) in [4.78, 5) is 40.1. The number of nitrogens with two attached hydrogens (primary N) is 1. The second-order valence-electron chi connectivity index (χ2n) is 7.39. The number of oxime groups is 1. The minimum atomic E-state index is -3.89. The Balaban J connectivity index is 1.97. The molecular weight excluding hydrogens is 438 g/mol. The van der Waals surface area contributed by atoms with Crippen molar-refractivity contribution in [2.75, 3.05) is 19.7 Å². The van der Waals surface area contributed by atoms with Crippen LogP contribution in [-0.4, -0.2) is 65.5 Å². The minimum Gasteiger partial charge on any atom is -0.465 e. The number of esters is 1. The van der Waals surface area contributed by atoms with Gasteiger partial charge >= 0.3 is 5.97 Å². The van der Waals surface area contributed by atoms with Crippen molar-refractivity contribution in [2.24, 2.45) is 16.8 Å². The Morgan fingerprint density at radius 2 is 2.00 bits per heavy atom. The van der Waals surface area contributed by atoms with E-state index in [0.29, 0.717) is 11.1 Å². The van der Waals surface area contributed by atoms with Gasteiger partial charge in [-0.1, -0.05) is 48.5 Å². The van der Waals surface area contributed by atoms with Crippen LogP contribution in [-0.2, 0) is 25.7 Å². The standard InChI is InChI=1S/C24H35N5O5/c1-2-34-20(30)15-26-21(17-6-4-3-5-7-17)24(32)29-13-12-19(29)23(31)27-14-16-8-10-18(11-9-16)22(25)28-33/h8-11,17,19,21,26,33H,2-7,12-15H2,1H3,(H2,25,28)(H,27,31)/t19-,21?/m1/s1/i3D2,4D2,5D2,6D2,7D2,17D. The van der Waals surface area contributed by atoms with Crippen molar-refractivity contribution in [1.82, 2.24) is 15.5 Å². The lowest BCUT2D eigenvalue weighted by atomic mass is 9.82. The number of nitrogens with zero attached hydrogens (tertiary/aromatic N) is 2. The number of ether oxygens (including phenoxy) is 1. The van der Waals surface area contributed by atoms with Crippen LogP contribution in [0, 0.1) is 5.89 Å². The van der Waals surface area contributed by atoms with E-state index in [4.69, 9.17) is 30.8 Å². The molecule has 0 aromatic heterocycles. The lowest BCUT2D eigenvalue weighted by molar-refractivity contribution is -0.151. The summed E-state index contributed by atoms with van der Waals surface area (Å²) in [6.45, 7) is 0.291. The smallest absolute Gasteiger partial charge is 0.319 e. The highest BCUT2D eigenvalue weighted by Crippen LogP contribution is 2.29. The molecule has 1 aliphatic heterocycles. The largest absolute Gasteiger partial charge is 0.465 e. The molecule has 1 unspecified atom stereocenters. The van der Waals surface area contributed by atoms with Crippen LogP contribution in [0.3, 0.4) is 0 Å². The molecule has 1 saturated carbocycles. The van der Waals surface area contributed by atoms with Crippen LogP contribution < -0.4 is 16.4 Å². The van der Waals surface area contributed by atoms with Gasteiger partial charge in [0.05, 0.1) is 19.2 Å². The first kappa shape index (κ1) is 14.3. The fourth-order valence-corrected chi connectivity index (χ4v) is 3.36. The highest BCUT2D eigenvalue weighted by Gasteiger charge is 2.42. The molecule has 5 N–H and O–H groups in total.